The van der Waals surface area contributed by atoms with Crippen LogP contribution in [0.5, 0.6) is 0 Å². The Kier molecular flexibility index (Phi) is 12.4. The van der Waals surface area contributed by atoms with Crippen LogP contribution in [0.3, 0.4) is 0 Å². The Morgan fingerprint density at radius 2 is 1.54 bits per heavy atom. The van der Waals surface area contributed by atoms with Crippen LogP contribution in [0.2, 0.25) is 0 Å². The third-order valence-electron chi connectivity index (χ3n) is 7.38. The van der Waals surface area contributed by atoms with Gasteiger partial charge in [-0.3, -0.25) is 19.2 Å². The fourth-order valence-electron chi connectivity index (χ4n) is 5.00. The van der Waals surface area contributed by atoms with Gasteiger partial charge in [0.15, 0.2) is 0 Å². The molecule has 1 aliphatic heterocycles. The van der Waals surface area contributed by atoms with Gasteiger partial charge in [-0.05, 0) is 11.1 Å². The zero-order valence-electron chi connectivity index (χ0n) is 26.4. The van der Waals surface area contributed by atoms with Crippen molar-refractivity contribution in [2.75, 3.05) is 33.0 Å². The molecule has 4 N–H and O–H groups in total. The number of aromatic nitrogens is 5. The molecule has 2 aromatic heterocycles. The van der Waals surface area contributed by atoms with E-state index in [0.29, 0.717) is 24.5 Å². The van der Waals surface area contributed by atoms with E-state index in [0.717, 1.165) is 11.1 Å². The summed E-state index contributed by atoms with van der Waals surface area (Å²) >= 11 is 0. The third-order valence-corrected chi connectivity index (χ3v) is 7.38. The Morgan fingerprint density at radius 3 is 2.33 bits per heavy atom. The topological polar surface area (TPSA) is 183 Å². The van der Waals surface area contributed by atoms with Crippen molar-refractivity contribution in [2.24, 2.45) is 0 Å². The molecule has 252 valence electrons. The molecule has 15 nitrogen and oxygen atoms in total. The number of rotatable bonds is 10. The smallest absolute Gasteiger partial charge is 0.246 e. The number of hydrogen-bond acceptors (Lipinski definition) is 9. The number of carbonyl (C=O) groups excluding carboxylic acids is 4. The molecule has 2 atom stereocenters. The van der Waals surface area contributed by atoms with E-state index < -0.39 is 29.8 Å². The Morgan fingerprint density at radius 1 is 0.833 bits per heavy atom. The lowest BCUT2D eigenvalue weighted by Crippen LogP contribution is -2.55. The first kappa shape index (κ1) is 33.9. The van der Waals surface area contributed by atoms with E-state index in [9.17, 15) is 19.2 Å². The molecule has 3 heterocycles. The minimum absolute atomic E-state index is 0.000909. The van der Waals surface area contributed by atoms with E-state index in [1.165, 1.54) is 6.33 Å². The molecular formula is C33H39N9O6. The van der Waals surface area contributed by atoms with E-state index in [2.05, 4.69) is 36.6 Å². The van der Waals surface area contributed by atoms with E-state index in [1.807, 2.05) is 60.7 Å². The second-order valence-electron chi connectivity index (χ2n) is 11.2. The fraction of sp³-hybridized carbons (Fsp3) is 0.364. The van der Waals surface area contributed by atoms with Gasteiger partial charge in [-0.25, -0.2) is 9.67 Å². The first-order chi connectivity index (χ1) is 23.4. The van der Waals surface area contributed by atoms with Gasteiger partial charge >= 0.3 is 0 Å². The molecule has 4 aromatic rings. The third kappa shape index (κ3) is 10.8. The number of nitrogens with zero attached hydrogens (tertiary/aromatic N) is 5. The van der Waals surface area contributed by atoms with Crippen molar-refractivity contribution >= 4 is 23.6 Å². The number of amides is 4. The standard InChI is InChI=1S/C33H39N9O6/c43-30(35-17-24-7-3-1-4-8-24)21-41-19-26(36-23-41)15-29-33(46)38-28(32(45)34-11-12-47-13-14-48-22-31(44)37-29)16-27-20-42(40-39-27)18-25-9-5-2-6-10-25/h1-10,19-20,23,28-29H,11-18,21-22H2,(H,34,45)(H,35,43)(H,37,44)(H,38,46)/t28-,29+/m1/s1. The maximum Gasteiger partial charge on any atom is 0.246 e. The molecule has 1 fully saturated rings. The normalized spacial score (nSPS) is 18.1. The molecule has 0 aliphatic carbocycles. The quantitative estimate of drug-likeness (QED) is 0.179. The zero-order chi connectivity index (χ0) is 33.6. The lowest BCUT2D eigenvalue weighted by molar-refractivity contribution is -0.133. The van der Waals surface area contributed by atoms with Crippen LogP contribution in [0.15, 0.2) is 79.4 Å². The van der Waals surface area contributed by atoms with Crippen molar-refractivity contribution in [3.63, 3.8) is 0 Å². The highest BCUT2D eigenvalue weighted by Crippen LogP contribution is 2.07. The molecule has 1 aliphatic rings. The van der Waals surface area contributed by atoms with E-state index in [4.69, 9.17) is 9.47 Å². The molecule has 2 aromatic carbocycles. The van der Waals surface area contributed by atoms with Crippen molar-refractivity contribution in [1.82, 2.24) is 45.8 Å². The maximum atomic E-state index is 13.7. The fourth-order valence-corrected chi connectivity index (χ4v) is 5.00. The summed E-state index contributed by atoms with van der Waals surface area (Å²) in [5, 5.41) is 19.5. The highest BCUT2D eigenvalue weighted by molar-refractivity contribution is 5.92. The second-order valence-corrected chi connectivity index (χ2v) is 11.2. The number of carbonyl (C=O) groups is 4. The molecule has 5 rings (SSSR count). The van der Waals surface area contributed by atoms with Crippen LogP contribution in [0.25, 0.3) is 0 Å². The van der Waals surface area contributed by atoms with E-state index >= 15 is 0 Å². The number of nitrogens with one attached hydrogen (secondary N) is 4. The largest absolute Gasteiger partial charge is 0.377 e. The molecule has 0 unspecified atom stereocenters. The molecule has 0 spiro atoms. The van der Waals surface area contributed by atoms with Crippen molar-refractivity contribution in [2.45, 2.75) is 44.6 Å². The Labute approximate surface area is 277 Å². The summed E-state index contributed by atoms with van der Waals surface area (Å²) in [5.41, 5.74) is 2.97. The van der Waals surface area contributed by atoms with Crippen LogP contribution in [0, 0.1) is 0 Å². The maximum absolute atomic E-state index is 13.7. The molecule has 15 heteroatoms. The second kappa shape index (κ2) is 17.5. The van der Waals surface area contributed by atoms with Crippen molar-refractivity contribution in [3.8, 4) is 0 Å². The predicted molar refractivity (Wildman–Crippen MR) is 172 cm³/mol. The molecule has 0 saturated carbocycles. The molecule has 48 heavy (non-hydrogen) atoms. The molecule has 1 saturated heterocycles. The van der Waals surface area contributed by atoms with Crippen LogP contribution >= 0.6 is 0 Å². The Bertz CT molecular complexity index is 1640. The van der Waals surface area contributed by atoms with Crippen LogP contribution in [-0.4, -0.2) is 93.2 Å². The number of ether oxygens (including phenoxy) is 2. The number of hydrogen-bond donors (Lipinski definition) is 4. The van der Waals surface area contributed by atoms with Gasteiger partial charge in [-0.15, -0.1) is 5.10 Å². The monoisotopic (exact) mass is 657 g/mol. The summed E-state index contributed by atoms with van der Waals surface area (Å²) in [6, 6.07) is 17.2. The molecular weight excluding hydrogens is 618 g/mol. The average molecular weight is 658 g/mol. The van der Waals surface area contributed by atoms with Gasteiger partial charge in [-0.2, -0.15) is 0 Å². The highest BCUT2D eigenvalue weighted by Gasteiger charge is 2.29. The lowest BCUT2D eigenvalue weighted by Gasteiger charge is -2.22. The minimum atomic E-state index is -1.10. The van der Waals surface area contributed by atoms with Crippen LogP contribution in [-0.2, 0) is 61.1 Å². The summed E-state index contributed by atoms with van der Waals surface area (Å²) < 4.78 is 14.1. The van der Waals surface area contributed by atoms with Crippen LogP contribution in [0.4, 0.5) is 0 Å². The number of benzene rings is 2. The predicted octanol–water partition coefficient (Wildman–Crippen LogP) is -0.243. The van der Waals surface area contributed by atoms with Gasteiger partial charge in [0.25, 0.3) is 0 Å². The van der Waals surface area contributed by atoms with Gasteiger partial charge in [0.2, 0.25) is 23.6 Å². The van der Waals surface area contributed by atoms with Gasteiger partial charge in [0.1, 0.15) is 25.2 Å². The van der Waals surface area contributed by atoms with Crippen LogP contribution in [0.1, 0.15) is 22.5 Å². The average Bonchev–Trinajstić information content (AvgIpc) is 3.73. The summed E-state index contributed by atoms with van der Waals surface area (Å²) in [7, 11) is 0. The zero-order valence-corrected chi connectivity index (χ0v) is 26.4. The van der Waals surface area contributed by atoms with Gasteiger partial charge in [0.05, 0.1) is 44.1 Å². The Hall–Kier alpha value is -5.41. The summed E-state index contributed by atoms with van der Waals surface area (Å²) in [6.07, 6.45) is 4.91. The van der Waals surface area contributed by atoms with Gasteiger partial charge in [-0.1, -0.05) is 65.9 Å². The van der Waals surface area contributed by atoms with Crippen molar-refractivity contribution in [1.29, 1.82) is 0 Å². The summed E-state index contributed by atoms with van der Waals surface area (Å²) in [6.45, 7) is 1.45. The summed E-state index contributed by atoms with van der Waals surface area (Å²) in [5.74, 6) is -1.76. The molecule has 4 amide bonds. The van der Waals surface area contributed by atoms with Crippen LogP contribution < -0.4 is 21.3 Å². The minimum Gasteiger partial charge on any atom is -0.377 e. The van der Waals surface area contributed by atoms with Crippen molar-refractivity contribution < 1.29 is 28.7 Å². The highest BCUT2D eigenvalue weighted by atomic mass is 16.5. The summed E-state index contributed by atoms with van der Waals surface area (Å²) in [4.78, 5) is 56.6. The first-order valence-electron chi connectivity index (χ1n) is 15.7. The Balaban J connectivity index is 1.26. The molecule has 0 radical (unpaired) electrons. The SMILES string of the molecule is O=C(Cn1cnc(C[C@@H]2NC(=O)COCCOCCNC(=O)[C@@H](Cc3cn(Cc4ccccc4)nn3)NC2=O)c1)NCc1ccccc1. The first-order valence-corrected chi connectivity index (χ1v) is 15.7. The molecule has 0 bridgehead atoms. The lowest BCUT2D eigenvalue weighted by atomic mass is 10.1. The van der Waals surface area contributed by atoms with Gasteiger partial charge in [0, 0.05) is 38.3 Å². The number of imidazole rings is 1. The van der Waals surface area contributed by atoms with Crippen molar-refractivity contribution in [3.05, 3.63) is 102 Å². The van der Waals surface area contributed by atoms with E-state index in [1.54, 1.807) is 21.6 Å². The van der Waals surface area contributed by atoms with Gasteiger partial charge < -0.3 is 35.3 Å². The van der Waals surface area contributed by atoms with E-state index in [-0.39, 0.29) is 58.3 Å².